The van der Waals surface area contributed by atoms with E-state index < -0.39 is 5.54 Å². The van der Waals surface area contributed by atoms with E-state index in [2.05, 4.69) is 15.6 Å². The third-order valence-electron chi connectivity index (χ3n) is 4.86. The second-order valence-electron chi connectivity index (χ2n) is 6.98. The molecule has 0 unspecified atom stereocenters. The molecule has 0 radical (unpaired) electrons. The van der Waals surface area contributed by atoms with Crippen LogP contribution in [0.25, 0.3) is 10.9 Å². The number of pyridine rings is 1. The number of aromatic nitrogens is 1. The molecule has 1 amide bonds. The van der Waals surface area contributed by atoms with Crippen LogP contribution in [0.2, 0.25) is 5.02 Å². The molecule has 3 rings (SSSR count). The Morgan fingerprint density at radius 2 is 2.32 bits per heavy atom. The van der Waals surface area contributed by atoms with Crippen LogP contribution in [0.3, 0.4) is 0 Å². The summed E-state index contributed by atoms with van der Waals surface area (Å²) in [5.41, 5.74) is 8.33. The van der Waals surface area contributed by atoms with Crippen LogP contribution in [0.5, 0.6) is 0 Å². The molecule has 25 heavy (non-hydrogen) atoms. The van der Waals surface area contributed by atoms with Crippen LogP contribution < -0.4 is 16.4 Å². The minimum Gasteiger partial charge on any atom is -0.345 e. The van der Waals surface area contributed by atoms with Crippen LogP contribution in [-0.2, 0) is 16.8 Å². The number of rotatable bonds is 5. The highest BCUT2D eigenvalue weighted by molar-refractivity contribution is 6.35. The van der Waals surface area contributed by atoms with Gasteiger partial charge in [-0.2, -0.15) is 0 Å². The van der Waals surface area contributed by atoms with Crippen molar-refractivity contribution in [3.8, 4) is 0 Å². The van der Waals surface area contributed by atoms with Crippen molar-refractivity contribution < 1.29 is 4.79 Å². The normalized spacial score (nSPS) is 20.4. The molecule has 4 N–H and O–H groups in total. The number of nitrogens with one attached hydrogen (secondary N) is 2. The van der Waals surface area contributed by atoms with Gasteiger partial charge in [0.15, 0.2) is 0 Å². The maximum atomic E-state index is 12.5. The molecular formula is C19H25ClN4O. The molecule has 1 saturated heterocycles. The van der Waals surface area contributed by atoms with E-state index in [-0.39, 0.29) is 11.8 Å². The maximum absolute atomic E-state index is 12.5. The van der Waals surface area contributed by atoms with Crippen molar-refractivity contribution in [3.05, 3.63) is 40.5 Å². The number of nitrogens with zero attached hydrogens (tertiary/aromatic N) is 1. The van der Waals surface area contributed by atoms with Gasteiger partial charge in [-0.3, -0.25) is 9.78 Å². The lowest BCUT2D eigenvalue weighted by molar-refractivity contribution is -0.125. The smallest absolute Gasteiger partial charge is 0.223 e. The van der Waals surface area contributed by atoms with Gasteiger partial charge in [-0.1, -0.05) is 25.4 Å². The van der Waals surface area contributed by atoms with E-state index in [4.69, 9.17) is 17.3 Å². The molecule has 1 fully saturated rings. The van der Waals surface area contributed by atoms with Crippen LogP contribution in [0.15, 0.2) is 24.4 Å². The Kier molecular flexibility index (Phi) is 5.27. The molecule has 1 aromatic heterocycles. The standard InChI is InChI=1S/C19H25ClN4O/c1-12(2)18(25)24-19(6-9-22-11-19)16-13(5-7-21)10-15(20)14-4-3-8-23-17(14)16/h3-4,8,10,12,22H,5-7,9,11,21H2,1-2H3,(H,24,25)/t19-/m1/s1. The van der Waals surface area contributed by atoms with E-state index in [1.54, 1.807) is 6.20 Å². The topological polar surface area (TPSA) is 80.0 Å². The molecule has 2 aromatic rings. The molecule has 1 aliphatic rings. The SMILES string of the molecule is CC(C)C(=O)N[C@]1(c2c(CCN)cc(Cl)c3cccnc23)CCNC1. The van der Waals surface area contributed by atoms with Gasteiger partial charge in [-0.25, -0.2) is 0 Å². The first-order valence-corrected chi connectivity index (χ1v) is 9.15. The van der Waals surface area contributed by atoms with E-state index in [9.17, 15) is 4.79 Å². The summed E-state index contributed by atoms with van der Waals surface area (Å²) in [6.07, 6.45) is 3.28. The Morgan fingerprint density at radius 3 is 2.96 bits per heavy atom. The first-order chi connectivity index (χ1) is 12.0. The van der Waals surface area contributed by atoms with Crippen LogP contribution in [0, 0.1) is 5.92 Å². The summed E-state index contributed by atoms with van der Waals surface area (Å²) >= 11 is 6.49. The van der Waals surface area contributed by atoms with Crippen molar-refractivity contribution in [2.75, 3.05) is 19.6 Å². The van der Waals surface area contributed by atoms with E-state index >= 15 is 0 Å². The molecule has 0 bridgehead atoms. The lowest BCUT2D eigenvalue weighted by atomic mass is 9.82. The van der Waals surface area contributed by atoms with Gasteiger partial charge in [0.05, 0.1) is 16.1 Å². The van der Waals surface area contributed by atoms with Gasteiger partial charge in [-0.15, -0.1) is 0 Å². The summed E-state index contributed by atoms with van der Waals surface area (Å²) in [5, 5.41) is 8.27. The third kappa shape index (κ3) is 3.36. The molecule has 6 heteroatoms. The van der Waals surface area contributed by atoms with Gasteiger partial charge < -0.3 is 16.4 Å². The van der Waals surface area contributed by atoms with Gasteiger partial charge in [0, 0.05) is 29.6 Å². The van der Waals surface area contributed by atoms with Crippen molar-refractivity contribution in [3.63, 3.8) is 0 Å². The fourth-order valence-corrected chi connectivity index (χ4v) is 3.88. The number of halogens is 1. The van der Waals surface area contributed by atoms with E-state index in [0.29, 0.717) is 24.5 Å². The minimum absolute atomic E-state index is 0.0430. The average Bonchev–Trinajstić information content (AvgIpc) is 3.04. The van der Waals surface area contributed by atoms with Crippen molar-refractivity contribution in [1.82, 2.24) is 15.6 Å². The Hall–Kier alpha value is -1.69. The van der Waals surface area contributed by atoms with Gasteiger partial charge in [0.2, 0.25) is 5.91 Å². The second kappa shape index (κ2) is 7.28. The quantitative estimate of drug-likeness (QED) is 0.764. The third-order valence-corrected chi connectivity index (χ3v) is 5.17. The lowest BCUT2D eigenvalue weighted by Gasteiger charge is -2.34. The molecule has 134 valence electrons. The number of hydrogen-bond donors (Lipinski definition) is 3. The Labute approximate surface area is 153 Å². The molecule has 0 saturated carbocycles. The molecule has 0 spiro atoms. The lowest BCUT2D eigenvalue weighted by Crippen LogP contribution is -2.49. The second-order valence-corrected chi connectivity index (χ2v) is 7.39. The largest absolute Gasteiger partial charge is 0.345 e. The average molecular weight is 361 g/mol. The Bertz CT molecular complexity index is 784. The first kappa shape index (κ1) is 18.1. The van der Waals surface area contributed by atoms with Gasteiger partial charge in [-0.05, 0) is 49.7 Å². The van der Waals surface area contributed by atoms with E-state index in [0.717, 1.165) is 35.0 Å². The van der Waals surface area contributed by atoms with Gasteiger partial charge in [0.1, 0.15) is 0 Å². The molecule has 1 aliphatic heterocycles. The molecule has 0 aliphatic carbocycles. The highest BCUT2D eigenvalue weighted by Crippen LogP contribution is 2.38. The summed E-state index contributed by atoms with van der Waals surface area (Å²) in [6, 6.07) is 5.84. The summed E-state index contributed by atoms with van der Waals surface area (Å²) in [6.45, 7) is 5.85. The predicted molar refractivity (Wildman–Crippen MR) is 102 cm³/mol. The Balaban J connectivity index is 2.24. The van der Waals surface area contributed by atoms with Crippen molar-refractivity contribution in [1.29, 1.82) is 0 Å². The van der Waals surface area contributed by atoms with Crippen molar-refractivity contribution >= 4 is 28.4 Å². The maximum Gasteiger partial charge on any atom is 0.223 e. The van der Waals surface area contributed by atoms with E-state index in [1.165, 1.54) is 0 Å². The van der Waals surface area contributed by atoms with Gasteiger partial charge >= 0.3 is 0 Å². The van der Waals surface area contributed by atoms with Crippen LogP contribution in [0.1, 0.15) is 31.4 Å². The van der Waals surface area contributed by atoms with Crippen LogP contribution in [0.4, 0.5) is 0 Å². The number of carbonyl (C=O) groups excluding carboxylic acids is 1. The number of amides is 1. The molecular weight excluding hydrogens is 336 g/mol. The number of benzene rings is 1. The van der Waals surface area contributed by atoms with Gasteiger partial charge in [0.25, 0.3) is 0 Å². The van der Waals surface area contributed by atoms with Crippen LogP contribution >= 0.6 is 11.6 Å². The molecule has 1 aromatic carbocycles. The number of carbonyl (C=O) groups is 1. The summed E-state index contributed by atoms with van der Waals surface area (Å²) < 4.78 is 0. The molecule has 1 atom stereocenters. The zero-order valence-electron chi connectivity index (χ0n) is 14.7. The molecule has 2 heterocycles. The highest BCUT2D eigenvalue weighted by Gasteiger charge is 2.40. The zero-order chi connectivity index (χ0) is 18.0. The number of fused-ring (bicyclic) bond motifs is 1. The number of nitrogens with two attached hydrogens (primary N) is 1. The first-order valence-electron chi connectivity index (χ1n) is 8.78. The van der Waals surface area contributed by atoms with E-state index in [1.807, 2.05) is 32.0 Å². The highest BCUT2D eigenvalue weighted by atomic mass is 35.5. The summed E-state index contributed by atoms with van der Waals surface area (Å²) in [5.74, 6) is -0.0385. The zero-order valence-corrected chi connectivity index (χ0v) is 15.5. The summed E-state index contributed by atoms with van der Waals surface area (Å²) in [7, 11) is 0. The fraction of sp³-hybridized carbons (Fsp3) is 0.474. The minimum atomic E-state index is -0.483. The van der Waals surface area contributed by atoms with Crippen molar-refractivity contribution in [2.45, 2.75) is 32.2 Å². The molecule has 5 nitrogen and oxygen atoms in total. The number of hydrogen-bond acceptors (Lipinski definition) is 4. The predicted octanol–water partition coefficient (Wildman–Crippen LogP) is 2.35. The summed E-state index contributed by atoms with van der Waals surface area (Å²) in [4.78, 5) is 17.2. The Morgan fingerprint density at radius 1 is 1.52 bits per heavy atom. The van der Waals surface area contributed by atoms with Crippen LogP contribution in [-0.4, -0.2) is 30.5 Å². The van der Waals surface area contributed by atoms with Crippen molar-refractivity contribution in [2.24, 2.45) is 11.7 Å². The monoisotopic (exact) mass is 360 g/mol. The fourth-order valence-electron chi connectivity index (χ4n) is 3.59.